The van der Waals surface area contributed by atoms with E-state index in [0.717, 1.165) is 28.3 Å². The van der Waals surface area contributed by atoms with Crippen molar-refractivity contribution in [1.82, 2.24) is 10.4 Å². The average molecular weight is 394 g/mol. The maximum atomic E-state index is 8.94. The van der Waals surface area contributed by atoms with E-state index in [0.29, 0.717) is 19.6 Å². The highest BCUT2D eigenvalue weighted by Gasteiger charge is 2.06. The van der Waals surface area contributed by atoms with Crippen LogP contribution in [0, 0.1) is 6.92 Å². The number of rotatable bonds is 8. The number of nitrogens with zero attached hydrogens (tertiary/aromatic N) is 1. The van der Waals surface area contributed by atoms with Crippen LogP contribution in [0.2, 0.25) is 0 Å². The molecule has 7 nitrogen and oxygen atoms in total. The van der Waals surface area contributed by atoms with Gasteiger partial charge in [-0.3, -0.25) is 15.2 Å². The molecule has 1 aromatic heterocycles. The Labute approximate surface area is 170 Å². The molecule has 0 aliphatic heterocycles. The summed E-state index contributed by atoms with van der Waals surface area (Å²) in [5.41, 5.74) is 6.29. The Kier molecular flexibility index (Phi) is 8.98. The Bertz CT molecular complexity index is 888. The molecule has 29 heavy (non-hydrogen) atoms. The molecule has 3 aromatic rings. The summed E-state index contributed by atoms with van der Waals surface area (Å²) in [7, 11) is 1.92. The number of nitrogens with two attached hydrogens (primary N) is 1. The molecule has 0 spiro atoms. The van der Waals surface area contributed by atoms with E-state index >= 15 is 0 Å². The van der Waals surface area contributed by atoms with Crippen LogP contribution in [0.3, 0.4) is 0 Å². The van der Waals surface area contributed by atoms with Crippen LogP contribution in [0.15, 0.2) is 67.0 Å². The number of amides is 1. The lowest BCUT2D eigenvalue weighted by atomic mass is 10.1. The first-order chi connectivity index (χ1) is 14.2. The fourth-order valence-corrected chi connectivity index (χ4v) is 2.58. The second-order valence-corrected chi connectivity index (χ2v) is 6.04. The lowest BCUT2D eigenvalue weighted by molar-refractivity contribution is -0.109. The van der Waals surface area contributed by atoms with E-state index in [-0.39, 0.29) is 0 Å². The van der Waals surface area contributed by atoms with Gasteiger partial charge >= 0.3 is 0 Å². The number of carbonyl (C=O) groups excluding carboxylic acids is 1. The fraction of sp³-hybridized carbons (Fsp3) is 0.182. The van der Waals surface area contributed by atoms with Gasteiger partial charge in [0.1, 0.15) is 24.7 Å². The van der Waals surface area contributed by atoms with E-state index < -0.39 is 0 Å². The van der Waals surface area contributed by atoms with Gasteiger partial charge in [-0.1, -0.05) is 18.2 Å². The number of hydrogen-bond acceptors (Lipinski definition) is 6. The van der Waals surface area contributed by atoms with Gasteiger partial charge < -0.3 is 14.8 Å². The molecule has 7 heteroatoms. The third-order valence-electron chi connectivity index (χ3n) is 4.09. The van der Waals surface area contributed by atoms with Gasteiger partial charge in [0.15, 0.2) is 0 Å². The number of aryl methyl sites for hydroxylation is 1. The summed E-state index contributed by atoms with van der Waals surface area (Å²) in [4.78, 5) is 12.9. The first-order valence-electron chi connectivity index (χ1n) is 9.08. The zero-order valence-electron chi connectivity index (χ0n) is 16.6. The smallest absolute Gasteiger partial charge is 0.221 e. The largest absolute Gasteiger partial charge is 0.489 e. The third kappa shape index (κ3) is 7.15. The van der Waals surface area contributed by atoms with Crippen LogP contribution in [0.1, 0.15) is 16.7 Å². The molecule has 0 fully saturated rings. The topological polar surface area (TPSA) is 98.5 Å². The normalized spacial score (nSPS) is 9.62. The number of benzene rings is 2. The van der Waals surface area contributed by atoms with Crippen molar-refractivity contribution in [3.8, 4) is 11.5 Å². The quantitative estimate of drug-likeness (QED) is 0.235. The lowest BCUT2D eigenvalue weighted by Gasteiger charge is -2.14. The van der Waals surface area contributed by atoms with Crippen molar-refractivity contribution >= 4 is 12.1 Å². The molecule has 1 amide bonds. The van der Waals surface area contributed by atoms with Crippen LogP contribution in [-0.2, 0) is 18.0 Å². The second kappa shape index (κ2) is 12.0. The summed E-state index contributed by atoms with van der Waals surface area (Å²) in [5.74, 6) is 5.98. The maximum absolute atomic E-state index is 8.94. The van der Waals surface area contributed by atoms with Gasteiger partial charge in [-0.25, -0.2) is 5.84 Å². The predicted molar refractivity (Wildman–Crippen MR) is 113 cm³/mol. The van der Waals surface area contributed by atoms with Crippen LogP contribution in [0.4, 0.5) is 5.69 Å². The molecular formula is C22H26N4O3. The molecule has 0 aliphatic rings. The molecule has 3 rings (SSSR count). The first-order valence-corrected chi connectivity index (χ1v) is 9.08. The minimum absolute atomic E-state index is 0.403. The summed E-state index contributed by atoms with van der Waals surface area (Å²) < 4.78 is 11.8. The minimum Gasteiger partial charge on any atom is -0.489 e. The molecule has 0 atom stereocenters. The highest BCUT2D eigenvalue weighted by molar-refractivity contribution is 5.54. The van der Waals surface area contributed by atoms with Crippen molar-refractivity contribution in [2.24, 2.45) is 5.84 Å². The fourth-order valence-electron chi connectivity index (χ4n) is 2.58. The SMILES string of the molecule is CNc1cccc(C)c1COc1cccc(OCc2ccncc2)c1.NNC=O. The standard InChI is InChI=1S/C21H22N2O2.CH4N2O/c1-16-5-3-8-21(22-2)20(16)15-25-19-7-4-6-18(13-19)24-14-17-9-11-23-12-10-17;2-3-1-4/h3-13,22H,14-15H2,1-2H3;1H,2H2,(H,3,4). The van der Waals surface area contributed by atoms with E-state index in [9.17, 15) is 0 Å². The molecule has 0 saturated carbocycles. The Balaban J connectivity index is 0.000000687. The Morgan fingerprint density at radius 1 is 1.00 bits per heavy atom. The Morgan fingerprint density at radius 2 is 1.62 bits per heavy atom. The summed E-state index contributed by atoms with van der Waals surface area (Å²) in [6.45, 7) is 3.11. The highest BCUT2D eigenvalue weighted by Crippen LogP contribution is 2.24. The van der Waals surface area contributed by atoms with Crippen molar-refractivity contribution in [2.75, 3.05) is 12.4 Å². The zero-order chi connectivity index (χ0) is 20.9. The molecule has 4 N–H and O–H groups in total. The molecule has 152 valence electrons. The summed E-state index contributed by atoms with van der Waals surface area (Å²) >= 11 is 0. The molecule has 0 radical (unpaired) electrons. The monoisotopic (exact) mass is 394 g/mol. The number of ether oxygens (including phenoxy) is 2. The maximum Gasteiger partial charge on any atom is 0.221 e. The van der Waals surface area contributed by atoms with E-state index in [2.05, 4.69) is 35.2 Å². The summed E-state index contributed by atoms with van der Waals surface area (Å²) in [6, 6.07) is 17.8. The molecule has 0 aliphatic carbocycles. The van der Waals surface area contributed by atoms with Crippen molar-refractivity contribution < 1.29 is 14.3 Å². The highest BCUT2D eigenvalue weighted by atomic mass is 16.5. The van der Waals surface area contributed by atoms with Gasteiger partial charge in [-0.15, -0.1) is 0 Å². The molecule has 2 aromatic carbocycles. The van der Waals surface area contributed by atoms with Gasteiger partial charge in [-0.2, -0.15) is 0 Å². The van der Waals surface area contributed by atoms with Gasteiger partial charge in [0, 0.05) is 36.8 Å². The van der Waals surface area contributed by atoms with E-state index in [1.54, 1.807) is 17.8 Å². The van der Waals surface area contributed by atoms with Gasteiger partial charge in [0.25, 0.3) is 0 Å². The van der Waals surface area contributed by atoms with E-state index in [4.69, 9.17) is 14.3 Å². The molecule has 0 bridgehead atoms. The van der Waals surface area contributed by atoms with Gasteiger partial charge in [0.05, 0.1) is 0 Å². The minimum atomic E-state index is 0.403. The van der Waals surface area contributed by atoms with Gasteiger partial charge in [-0.05, 0) is 48.4 Å². The van der Waals surface area contributed by atoms with Gasteiger partial charge in [0.2, 0.25) is 6.41 Å². The predicted octanol–water partition coefficient (Wildman–Crippen LogP) is 3.20. The van der Waals surface area contributed by atoms with Crippen molar-refractivity contribution in [3.63, 3.8) is 0 Å². The van der Waals surface area contributed by atoms with Crippen molar-refractivity contribution in [1.29, 1.82) is 0 Å². The molecule has 0 unspecified atom stereocenters. The third-order valence-corrected chi connectivity index (χ3v) is 4.09. The van der Waals surface area contributed by atoms with E-state index in [1.165, 1.54) is 5.56 Å². The van der Waals surface area contributed by atoms with Crippen LogP contribution in [0.25, 0.3) is 0 Å². The number of pyridine rings is 1. The average Bonchev–Trinajstić information content (AvgIpc) is 2.78. The lowest BCUT2D eigenvalue weighted by Crippen LogP contribution is -2.18. The van der Waals surface area contributed by atoms with Crippen LogP contribution in [0.5, 0.6) is 11.5 Å². The number of hydrazine groups is 1. The van der Waals surface area contributed by atoms with E-state index in [1.807, 2.05) is 49.5 Å². The number of aromatic nitrogens is 1. The Morgan fingerprint density at radius 3 is 2.24 bits per heavy atom. The summed E-state index contributed by atoms with van der Waals surface area (Å²) in [6.07, 6.45) is 3.93. The van der Waals surface area contributed by atoms with Crippen molar-refractivity contribution in [2.45, 2.75) is 20.1 Å². The Hall–Kier alpha value is -3.58. The van der Waals surface area contributed by atoms with Crippen LogP contribution in [-0.4, -0.2) is 18.4 Å². The molecule has 0 saturated heterocycles. The van der Waals surface area contributed by atoms with Crippen LogP contribution >= 0.6 is 0 Å². The van der Waals surface area contributed by atoms with Crippen molar-refractivity contribution in [3.05, 3.63) is 83.7 Å². The molecule has 1 heterocycles. The first kappa shape index (κ1) is 21.7. The zero-order valence-corrected chi connectivity index (χ0v) is 16.6. The number of hydrogen-bond donors (Lipinski definition) is 3. The van der Waals surface area contributed by atoms with Crippen LogP contribution < -0.4 is 26.1 Å². The molecular weight excluding hydrogens is 368 g/mol. The number of anilines is 1. The number of carbonyl (C=O) groups is 1. The summed E-state index contributed by atoms with van der Waals surface area (Å²) in [5, 5.41) is 3.21. The number of nitrogens with one attached hydrogen (secondary N) is 2. The second-order valence-electron chi connectivity index (χ2n) is 6.04.